The Kier molecular flexibility index (Phi) is 14.5. The van der Waals surface area contributed by atoms with E-state index in [9.17, 15) is 4.79 Å². The Labute approximate surface area is 126 Å². The highest BCUT2D eigenvalue weighted by molar-refractivity contribution is 5.69. The molecule has 2 nitrogen and oxygen atoms in total. The molecule has 0 heterocycles. The van der Waals surface area contributed by atoms with Gasteiger partial charge >= 0.3 is 5.97 Å². The fourth-order valence-electron chi connectivity index (χ4n) is 2.23. The molecule has 20 heavy (non-hydrogen) atoms. The van der Waals surface area contributed by atoms with E-state index in [1.165, 1.54) is 51.4 Å². The molecule has 0 fully saturated rings. The molecule has 0 aliphatic carbocycles. The van der Waals surface area contributed by atoms with E-state index in [4.69, 9.17) is 4.74 Å². The van der Waals surface area contributed by atoms with Crippen LogP contribution in [0.3, 0.4) is 0 Å². The van der Waals surface area contributed by atoms with E-state index >= 15 is 0 Å². The zero-order valence-corrected chi connectivity index (χ0v) is 14.1. The maximum absolute atomic E-state index is 11.5. The van der Waals surface area contributed by atoms with Crippen molar-refractivity contribution in [2.45, 2.75) is 97.8 Å². The Balaban J connectivity index is 3.19. The number of carbonyl (C=O) groups excluding carboxylic acids is 1. The molecule has 0 rings (SSSR count). The zero-order valence-electron chi connectivity index (χ0n) is 14.1. The average molecular weight is 284 g/mol. The normalized spacial score (nSPS) is 12.3. The van der Waals surface area contributed by atoms with Gasteiger partial charge in [-0.15, -0.1) is 0 Å². The van der Waals surface area contributed by atoms with Crippen molar-refractivity contribution >= 4 is 5.97 Å². The molecule has 0 saturated heterocycles. The second-order valence-electron chi connectivity index (χ2n) is 6.10. The molecule has 0 radical (unpaired) electrons. The molecule has 0 aliphatic rings. The molecule has 0 aromatic heterocycles. The summed E-state index contributed by atoms with van der Waals surface area (Å²) < 4.78 is 5.25. The van der Waals surface area contributed by atoms with E-state index in [-0.39, 0.29) is 5.97 Å². The van der Waals surface area contributed by atoms with Gasteiger partial charge in [-0.1, -0.05) is 78.6 Å². The predicted molar refractivity (Wildman–Crippen MR) is 86.9 cm³/mol. The maximum Gasteiger partial charge on any atom is 0.305 e. The molecule has 0 bridgehead atoms. The summed E-state index contributed by atoms with van der Waals surface area (Å²) in [5.41, 5.74) is 0. The summed E-state index contributed by atoms with van der Waals surface area (Å²) in [5.74, 6) is 0.659. The summed E-state index contributed by atoms with van der Waals surface area (Å²) in [4.78, 5) is 11.5. The van der Waals surface area contributed by atoms with Crippen molar-refractivity contribution in [3.63, 3.8) is 0 Å². The predicted octanol–water partition coefficient (Wildman–Crippen LogP) is 5.89. The summed E-state index contributed by atoms with van der Waals surface area (Å²) in [5, 5.41) is 0. The summed E-state index contributed by atoms with van der Waals surface area (Å²) in [6.07, 6.45) is 14.4. The van der Waals surface area contributed by atoms with Crippen LogP contribution < -0.4 is 0 Å². The van der Waals surface area contributed by atoms with Crippen LogP contribution in [0.15, 0.2) is 0 Å². The maximum atomic E-state index is 11.5. The van der Waals surface area contributed by atoms with Gasteiger partial charge in [0.05, 0.1) is 6.61 Å². The molecule has 0 aromatic carbocycles. The van der Waals surface area contributed by atoms with Crippen molar-refractivity contribution in [1.29, 1.82) is 0 Å². The van der Waals surface area contributed by atoms with Crippen LogP contribution in [-0.4, -0.2) is 12.6 Å². The number of esters is 1. The summed E-state index contributed by atoms with van der Waals surface area (Å²) in [6, 6.07) is 0. The topological polar surface area (TPSA) is 26.3 Å². The standard InChI is InChI=1S/C18H36O2/c1-4-6-7-8-9-10-11-12-13-14-18(19)20-16-15-17(3)5-2/h17H,4-16H2,1-3H3. The van der Waals surface area contributed by atoms with Crippen LogP contribution in [0.1, 0.15) is 97.8 Å². The lowest BCUT2D eigenvalue weighted by molar-refractivity contribution is -0.144. The molecule has 0 saturated carbocycles. The number of carbonyl (C=O) groups is 1. The van der Waals surface area contributed by atoms with Crippen molar-refractivity contribution in [3.8, 4) is 0 Å². The number of hydrogen-bond acceptors (Lipinski definition) is 2. The molecule has 1 unspecified atom stereocenters. The molecule has 0 N–H and O–H groups in total. The fraction of sp³-hybridized carbons (Fsp3) is 0.944. The van der Waals surface area contributed by atoms with Gasteiger partial charge in [-0.25, -0.2) is 0 Å². The summed E-state index contributed by atoms with van der Waals surface area (Å²) in [7, 11) is 0. The van der Waals surface area contributed by atoms with Gasteiger partial charge in [-0.3, -0.25) is 4.79 Å². The van der Waals surface area contributed by atoms with E-state index in [1.54, 1.807) is 0 Å². The molecular weight excluding hydrogens is 248 g/mol. The van der Waals surface area contributed by atoms with Crippen LogP contribution in [0.5, 0.6) is 0 Å². The fourth-order valence-corrected chi connectivity index (χ4v) is 2.23. The monoisotopic (exact) mass is 284 g/mol. The number of unbranched alkanes of at least 4 members (excludes halogenated alkanes) is 8. The summed E-state index contributed by atoms with van der Waals surface area (Å²) >= 11 is 0. The van der Waals surface area contributed by atoms with Crippen molar-refractivity contribution in [1.82, 2.24) is 0 Å². The quantitative estimate of drug-likeness (QED) is 0.294. The van der Waals surface area contributed by atoms with Gasteiger partial charge in [0.25, 0.3) is 0 Å². The largest absolute Gasteiger partial charge is 0.466 e. The third kappa shape index (κ3) is 13.9. The van der Waals surface area contributed by atoms with Gasteiger partial charge < -0.3 is 4.74 Å². The highest BCUT2D eigenvalue weighted by atomic mass is 16.5. The van der Waals surface area contributed by atoms with Gasteiger partial charge in [-0.2, -0.15) is 0 Å². The van der Waals surface area contributed by atoms with E-state index in [0.717, 1.165) is 19.3 Å². The van der Waals surface area contributed by atoms with Crippen molar-refractivity contribution in [2.24, 2.45) is 5.92 Å². The Hall–Kier alpha value is -0.530. The van der Waals surface area contributed by atoms with Crippen LogP contribution in [0.2, 0.25) is 0 Å². The lowest BCUT2D eigenvalue weighted by atomic mass is 10.1. The lowest BCUT2D eigenvalue weighted by Gasteiger charge is -2.08. The van der Waals surface area contributed by atoms with E-state index in [1.807, 2.05) is 0 Å². The first-order valence-electron chi connectivity index (χ1n) is 8.86. The van der Waals surface area contributed by atoms with Crippen LogP contribution in [0.25, 0.3) is 0 Å². The molecule has 0 amide bonds. The van der Waals surface area contributed by atoms with Crippen molar-refractivity contribution in [2.75, 3.05) is 6.61 Å². The summed E-state index contributed by atoms with van der Waals surface area (Å²) in [6.45, 7) is 7.23. The van der Waals surface area contributed by atoms with Gasteiger partial charge in [0.1, 0.15) is 0 Å². The smallest absolute Gasteiger partial charge is 0.305 e. The Bertz CT molecular complexity index is 213. The van der Waals surface area contributed by atoms with Crippen molar-refractivity contribution < 1.29 is 9.53 Å². The van der Waals surface area contributed by atoms with Gasteiger partial charge in [0.2, 0.25) is 0 Å². The van der Waals surface area contributed by atoms with E-state index in [2.05, 4.69) is 20.8 Å². The minimum atomic E-state index is -0.00347. The van der Waals surface area contributed by atoms with Gasteiger partial charge in [0, 0.05) is 6.42 Å². The molecular formula is C18H36O2. The van der Waals surface area contributed by atoms with Crippen LogP contribution in [0, 0.1) is 5.92 Å². The number of rotatable bonds is 14. The molecule has 0 aliphatic heterocycles. The van der Waals surface area contributed by atoms with E-state index < -0.39 is 0 Å². The third-order valence-electron chi connectivity index (χ3n) is 4.06. The third-order valence-corrected chi connectivity index (χ3v) is 4.06. The molecule has 2 heteroatoms. The Morgan fingerprint density at radius 3 is 2.00 bits per heavy atom. The number of hydrogen-bond donors (Lipinski definition) is 0. The highest BCUT2D eigenvalue weighted by Gasteiger charge is 2.04. The van der Waals surface area contributed by atoms with E-state index in [0.29, 0.717) is 18.9 Å². The van der Waals surface area contributed by atoms with Crippen LogP contribution in [-0.2, 0) is 9.53 Å². The highest BCUT2D eigenvalue weighted by Crippen LogP contribution is 2.11. The Morgan fingerprint density at radius 1 is 0.900 bits per heavy atom. The lowest BCUT2D eigenvalue weighted by Crippen LogP contribution is -2.08. The van der Waals surface area contributed by atoms with Gasteiger partial charge in [0.15, 0.2) is 0 Å². The van der Waals surface area contributed by atoms with Crippen molar-refractivity contribution in [3.05, 3.63) is 0 Å². The SMILES string of the molecule is CCCCCCCCCCCC(=O)OCCC(C)CC. The number of ether oxygens (including phenoxy) is 1. The first-order chi connectivity index (χ1) is 9.70. The Morgan fingerprint density at radius 2 is 1.45 bits per heavy atom. The van der Waals surface area contributed by atoms with Gasteiger partial charge in [-0.05, 0) is 18.8 Å². The van der Waals surface area contributed by atoms with Crippen LogP contribution in [0.4, 0.5) is 0 Å². The second kappa shape index (κ2) is 14.9. The van der Waals surface area contributed by atoms with Crippen LogP contribution >= 0.6 is 0 Å². The molecule has 120 valence electrons. The molecule has 0 spiro atoms. The minimum Gasteiger partial charge on any atom is -0.466 e. The molecule has 1 atom stereocenters. The molecule has 0 aromatic rings. The first-order valence-corrected chi connectivity index (χ1v) is 8.86. The first kappa shape index (κ1) is 19.5. The second-order valence-corrected chi connectivity index (χ2v) is 6.10. The average Bonchev–Trinajstić information content (AvgIpc) is 2.45. The minimum absolute atomic E-state index is 0.00347. The zero-order chi connectivity index (χ0) is 15.1.